The van der Waals surface area contributed by atoms with Gasteiger partial charge in [-0.3, -0.25) is 0 Å². The molecular formula is C16H15NOS. The molecule has 0 aliphatic heterocycles. The Morgan fingerprint density at radius 1 is 1.11 bits per heavy atom. The summed E-state index contributed by atoms with van der Waals surface area (Å²) in [6.45, 7) is 0. The van der Waals surface area contributed by atoms with Crippen LogP contribution in [-0.2, 0) is 0 Å². The van der Waals surface area contributed by atoms with E-state index in [2.05, 4.69) is 18.2 Å². The Kier molecular flexibility index (Phi) is 4.88. The molecule has 0 amide bonds. The molecule has 0 aromatic heterocycles. The van der Waals surface area contributed by atoms with Crippen molar-refractivity contribution in [2.45, 2.75) is 16.6 Å². The third-order valence-electron chi connectivity index (χ3n) is 2.79. The highest BCUT2D eigenvalue weighted by Crippen LogP contribution is 2.41. The number of nitriles is 1. The van der Waals surface area contributed by atoms with Crippen LogP contribution in [-0.4, -0.2) is 7.11 Å². The molecule has 19 heavy (non-hydrogen) atoms. The van der Waals surface area contributed by atoms with Crippen LogP contribution in [0.15, 0.2) is 59.5 Å². The largest absolute Gasteiger partial charge is 0.496 e. The standard InChI is InChI=1S/C16H15NOS/c1-18-14-9-5-6-10-16(14)19-15(11-12-17)13-7-3-2-4-8-13/h2-10,15H,11H2,1H3. The fourth-order valence-corrected chi connectivity index (χ4v) is 3.03. The van der Waals surface area contributed by atoms with Crippen LogP contribution in [0.5, 0.6) is 5.75 Å². The van der Waals surface area contributed by atoms with Crippen molar-refractivity contribution in [3.05, 3.63) is 60.2 Å². The maximum atomic E-state index is 9.01. The lowest BCUT2D eigenvalue weighted by Gasteiger charge is -2.15. The highest BCUT2D eigenvalue weighted by Gasteiger charge is 2.14. The molecule has 0 bridgehead atoms. The van der Waals surface area contributed by atoms with E-state index in [-0.39, 0.29) is 5.25 Å². The van der Waals surface area contributed by atoms with Gasteiger partial charge in [0.1, 0.15) is 5.75 Å². The van der Waals surface area contributed by atoms with Gasteiger partial charge in [-0.2, -0.15) is 5.26 Å². The van der Waals surface area contributed by atoms with E-state index >= 15 is 0 Å². The average molecular weight is 269 g/mol. The van der Waals surface area contributed by atoms with Gasteiger partial charge in [-0.25, -0.2) is 0 Å². The molecule has 2 nitrogen and oxygen atoms in total. The molecule has 0 fully saturated rings. The van der Waals surface area contributed by atoms with E-state index < -0.39 is 0 Å². The zero-order valence-corrected chi connectivity index (χ0v) is 11.6. The highest BCUT2D eigenvalue weighted by atomic mass is 32.2. The van der Waals surface area contributed by atoms with Gasteiger partial charge in [0.25, 0.3) is 0 Å². The number of para-hydroxylation sites is 1. The van der Waals surface area contributed by atoms with Gasteiger partial charge in [0.15, 0.2) is 0 Å². The summed E-state index contributed by atoms with van der Waals surface area (Å²) < 4.78 is 5.36. The number of methoxy groups -OCH3 is 1. The molecule has 2 aromatic rings. The average Bonchev–Trinajstić information content (AvgIpc) is 2.48. The van der Waals surface area contributed by atoms with Crippen molar-refractivity contribution in [3.8, 4) is 11.8 Å². The molecule has 2 aromatic carbocycles. The number of nitrogens with zero attached hydrogens (tertiary/aromatic N) is 1. The summed E-state index contributed by atoms with van der Waals surface area (Å²) in [5.41, 5.74) is 1.17. The number of ether oxygens (including phenoxy) is 1. The van der Waals surface area contributed by atoms with E-state index in [1.165, 1.54) is 5.56 Å². The lowest BCUT2D eigenvalue weighted by atomic mass is 10.1. The topological polar surface area (TPSA) is 33.0 Å². The lowest BCUT2D eigenvalue weighted by molar-refractivity contribution is 0.404. The molecule has 0 saturated carbocycles. The van der Waals surface area contributed by atoms with E-state index in [1.54, 1.807) is 18.9 Å². The second kappa shape index (κ2) is 6.86. The Hall–Kier alpha value is -1.92. The summed E-state index contributed by atoms with van der Waals surface area (Å²) in [6.07, 6.45) is 0.479. The van der Waals surface area contributed by atoms with Gasteiger partial charge in [0, 0.05) is 10.1 Å². The summed E-state index contributed by atoms with van der Waals surface area (Å²) in [6, 6.07) is 20.3. The minimum atomic E-state index is 0.127. The maximum absolute atomic E-state index is 9.01. The predicted molar refractivity (Wildman–Crippen MR) is 78.3 cm³/mol. The van der Waals surface area contributed by atoms with Crippen LogP contribution in [0.4, 0.5) is 0 Å². The molecule has 0 aliphatic carbocycles. The molecule has 96 valence electrons. The summed E-state index contributed by atoms with van der Waals surface area (Å²) >= 11 is 1.67. The molecule has 0 radical (unpaired) electrons. The molecule has 0 heterocycles. The molecule has 0 N–H and O–H groups in total. The maximum Gasteiger partial charge on any atom is 0.132 e. The first-order chi connectivity index (χ1) is 9.35. The molecule has 1 unspecified atom stereocenters. The Bertz CT molecular complexity index is 562. The van der Waals surface area contributed by atoms with Crippen LogP contribution in [0.3, 0.4) is 0 Å². The third kappa shape index (κ3) is 3.52. The summed E-state index contributed by atoms with van der Waals surface area (Å²) in [4.78, 5) is 1.06. The van der Waals surface area contributed by atoms with Gasteiger partial charge in [-0.05, 0) is 17.7 Å². The number of rotatable bonds is 5. The van der Waals surface area contributed by atoms with Crippen LogP contribution < -0.4 is 4.74 Å². The minimum Gasteiger partial charge on any atom is -0.496 e. The Balaban J connectivity index is 2.24. The van der Waals surface area contributed by atoms with Gasteiger partial charge < -0.3 is 4.74 Å². The van der Waals surface area contributed by atoms with Crippen LogP contribution in [0.25, 0.3) is 0 Å². The van der Waals surface area contributed by atoms with Crippen molar-refractivity contribution in [2.24, 2.45) is 0 Å². The van der Waals surface area contributed by atoms with Crippen molar-refractivity contribution in [3.63, 3.8) is 0 Å². The number of benzene rings is 2. The van der Waals surface area contributed by atoms with E-state index in [1.807, 2.05) is 42.5 Å². The normalized spacial score (nSPS) is 11.6. The predicted octanol–water partition coefficient (Wildman–Crippen LogP) is 4.44. The summed E-state index contributed by atoms with van der Waals surface area (Å²) in [7, 11) is 1.67. The number of hydrogen-bond acceptors (Lipinski definition) is 3. The molecule has 2 rings (SSSR count). The third-order valence-corrected chi connectivity index (χ3v) is 4.10. The van der Waals surface area contributed by atoms with E-state index in [0.717, 1.165) is 10.6 Å². The lowest BCUT2D eigenvalue weighted by Crippen LogP contribution is -1.94. The summed E-state index contributed by atoms with van der Waals surface area (Å²) in [5.74, 6) is 0.853. The van der Waals surface area contributed by atoms with Crippen LogP contribution in [0.2, 0.25) is 0 Å². The second-order valence-electron chi connectivity index (χ2n) is 4.03. The van der Waals surface area contributed by atoms with Gasteiger partial charge in [0.2, 0.25) is 0 Å². The number of thioether (sulfide) groups is 1. The Labute approximate surface area is 118 Å². The molecule has 1 atom stereocenters. The molecular weight excluding hydrogens is 254 g/mol. The first kappa shape index (κ1) is 13.5. The number of hydrogen-bond donors (Lipinski definition) is 0. The zero-order chi connectivity index (χ0) is 13.5. The van der Waals surface area contributed by atoms with Gasteiger partial charge in [0.05, 0.1) is 19.6 Å². The highest BCUT2D eigenvalue weighted by molar-refractivity contribution is 7.99. The van der Waals surface area contributed by atoms with Gasteiger partial charge in [-0.15, -0.1) is 11.8 Å². The van der Waals surface area contributed by atoms with Crippen molar-refractivity contribution < 1.29 is 4.74 Å². The second-order valence-corrected chi connectivity index (χ2v) is 5.27. The smallest absolute Gasteiger partial charge is 0.132 e. The van der Waals surface area contributed by atoms with Gasteiger partial charge in [-0.1, -0.05) is 42.5 Å². The molecule has 0 spiro atoms. The Morgan fingerprint density at radius 3 is 2.47 bits per heavy atom. The van der Waals surface area contributed by atoms with Crippen LogP contribution >= 0.6 is 11.8 Å². The van der Waals surface area contributed by atoms with Crippen molar-refractivity contribution in [2.75, 3.05) is 7.11 Å². The van der Waals surface area contributed by atoms with Crippen molar-refractivity contribution in [1.29, 1.82) is 5.26 Å². The SMILES string of the molecule is COc1ccccc1SC(CC#N)c1ccccc1. The fraction of sp³-hybridized carbons (Fsp3) is 0.188. The minimum absolute atomic E-state index is 0.127. The summed E-state index contributed by atoms with van der Waals surface area (Å²) in [5, 5.41) is 9.14. The van der Waals surface area contributed by atoms with Crippen molar-refractivity contribution >= 4 is 11.8 Å². The molecule has 0 saturated heterocycles. The van der Waals surface area contributed by atoms with Gasteiger partial charge >= 0.3 is 0 Å². The zero-order valence-electron chi connectivity index (χ0n) is 10.7. The molecule has 3 heteroatoms. The monoisotopic (exact) mass is 269 g/mol. The molecule has 0 aliphatic rings. The van der Waals surface area contributed by atoms with E-state index in [4.69, 9.17) is 10.00 Å². The first-order valence-electron chi connectivity index (χ1n) is 6.06. The fourth-order valence-electron chi connectivity index (χ4n) is 1.85. The van der Waals surface area contributed by atoms with Crippen molar-refractivity contribution in [1.82, 2.24) is 0 Å². The van der Waals surface area contributed by atoms with Crippen LogP contribution in [0, 0.1) is 11.3 Å². The van der Waals surface area contributed by atoms with E-state index in [9.17, 15) is 0 Å². The Morgan fingerprint density at radius 2 is 1.79 bits per heavy atom. The van der Waals surface area contributed by atoms with Crippen LogP contribution in [0.1, 0.15) is 17.2 Å². The first-order valence-corrected chi connectivity index (χ1v) is 6.94. The quantitative estimate of drug-likeness (QED) is 0.752. The van der Waals surface area contributed by atoms with E-state index in [0.29, 0.717) is 6.42 Å².